The molecule has 5 heteroatoms. The van der Waals surface area contributed by atoms with Gasteiger partial charge in [-0.05, 0) is 32.1 Å². The van der Waals surface area contributed by atoms with Gasteiger partial charge in [0, 0.05) is 19.1 Å². The van der Waals surface area contributed by atoms with E-state index in [0.29, 0.717) is 11.6 Å². The molecule has 1 aliphatic carbocycles. The van der Waals surface area contributed by atoms with E-state index >= 15 is 0 Å². The number of nitrogens with zero attached hydrogens (tertiary/aromatic N) is 3. The van der Waals surface area contributed by atoms with Crippen LogP contribution in [0, 0.1) is 0 Å². The fourth-order valence-electron chi connectivity index (χ4n) is 1.91. The number of rotatable bonds is 7. The van der Waals surface area contributed by atoms with Crippen molar-refractivity contribution >= 4 is 6.29 Å². The van der Waals surface area contributed by atoms with Crippen molar-refractivity contribution in [3.8, 4) is 0 Å². The van der Waals surface area contributed by atoms with Gasteiger partial charge in [0.15, 0.2) is 6.29 Å². The smallest absolute Gasteiger partial charge is 0.172 e. The lowest BCUT2D eigenvalue weighted by atomic mass is 10.2. The average molecular weight is 223 g/mol. The minimum Gasteiger partial charge on any atom is -0.396 e. The zero-order chi connectivity index (χ0) is 11.4. The molecule has 0 atom stereocenters. The number of aryl methyl sites for hydroxylation is 1. The minimum atomic E-state index is 0.242. The summed E-state index contributed by atoms with van der Waals surface area (Å²) >= 11 is 0. The normalized spacial score (nSPS) is 15.3. The van der Waals surface area contributed by atoms with E-state index < -0.39 is 0 Å². The third kappa shape index (κ3) is 2.47. The molecule has 0 saturated heterocycles. The van der Waals surface area contributed by atoms with Crippen LogP contribution in [0.4, 0.5) is 0 Å². The Morgan fingerprint density at radius 2 is 2.19 bits per heavy atom. The van der Waals surface area contributed by atoms with Crippen LogP contribution in [-0.4, -0.2) is 33.0 Å². The van der Waals surface area contributed by atoms with Gasteiger partial charge >= 0.3 is 0 Å². The number of carbonyl (C=O) groups is 1. The third-order valence-electron chi connectivity index (χ3n) is 2.90. The highest BCUT2D eigenvalue weighted by Crippen LogP contribution is 2.40. The van der Waals surface area contributed by atoms with Gasteiger partial charge in [-0.25, -0.2) is 4.68 Å². The first-order valence-electron chi connectivity index (χ1n) is 5.86. The van der Waals surface area contributed by atoms with Crippen LogP contribution in [-0.2, 0) is 6.54 Å². The summed E-state index contributed by atoms with van der Waals surface area (Å²) in [6.45, 7) is 1.04. The molecule has 0 aliphatic heterocycles. The Balaban J connectivity index is 1.97. The number of aliphatic hydroxyl groups excluding tert-OH is 1. The summed E-state index contributed by atoms with van der Waals surface area (Å²) in [4.78, 5) is 10.8. The molecule has 1 saturated carbocycles. The maximum Gasteiger partial charge on any atom is 0.172 e. The number of carbonyl (C=O) groups excluding carboxylic acids is 1. The van der Waals surface area contributed by atoms with Crippen LogP contribution in [0.5, 0.6) is 0 Å². The van der Waals surface area contributed by atoms with Crippen molar-refractivity contribution in [3.05, 3.63) is 11.4 Å². The fraction of sp³-hybridized carbons (Fsp3) is 0.727. The highest BCUT2D eigenvalue weighted by atomic mass is 16.2. The van der Waals surface area contributed by atoms with Gasteiger partial charge in [0.2, 0.25) is 0 Å². The molecule has 1 aromatic heterocycles. The van der Waals surface area contributed by atoms with Crippen molar-refractivity contribution in [3.63, 3.8) is 0 Å². The zero-order valence-corrected chi connectivity index (χ0v) is 9.30. The van der Waals surface area contributed by atoms with Gasteiger partial charge in [0.25, 0.3) is 0 Å². The summed E-state index contributed by atoms with van der Waals surface area (Å²) in [7, 11) is 0. The molecule has 1 aromatic rings. The van der Waals surface area contributed by atoms with Crippen LogP contribution >= 0.6 is 0 Å². The maximum absolute atomic E-state index is 10.8. The first-order valence-corrected chi connectivity index (χ1v) is 5.86. The van der Waals surface area contributed by atoms with Crippen LogP contribution in [0.2, 0.25) is 0 Å². The van der Waals surface area contributed by atoms with Gasteiger partial charge in [-0.15, -0.1) is 5.10 Å². The third-order valence-corrected chi connectivity index (χ3v) is 2.90. The lowest BCUT2D eigenvalue weighted by Crippen LogP contribution is -2.05. The van der Waals surface area contributed by atoms with Crippen LogP contribution < -0.4 is 0 Å². The van der Waals surface area contributed by atoms with Crippen LogP contribution in [0.25, 0.3) is 0 Å². The molecule has 1 aliphatic rings. The Bertz CT molecular complexity index is 358. The van der Waals surface area contributed by atoms with E-state index in [4.69, 9.17) is 5.11 Å². The molecule has 0 radical (unpaired) electrons. The van der Waals surface area contributed by atoms with E-state index in [1.165, 1.54) is 0 Å². The number of unbranched alkanes of at least 4 members (excludes halogenated alkanes) is 2. The molecule has 5 nitrogen and oxygen atoms in total. The van der Waals surface area contributed by atoms with Gasteiger partial charge in [-0.1, -0.05) is 5.21 Å². The van der Waals surface area contributed by atoms with Crippen molar-refractivity contribution in [1.82, 2.24) is 15.0 Å². The quantitative estimate of drug-likeness (QED) is 0.555. The number of aldehydes is 1. The molecule has 1 fully saturated rings. The second-order valence-corrected chi connectivity index (χ2v) is 4.26. The molecular formula is C11H17N3O2. The first kappa shape index (κ1) is 11.3. The zero-order valence-electron chi connectivity index (χ0n) is 9.30. The SMILES string of the molecule is O=Cc1nnn(CCCCCO)c1C1CC1. The fourth-order valence-corrected chi connectivity index (χ4v) is 1.91. The summed E-state index contributed by atoms with van der Waals surface area (Å²) in [6, 6.07) is 0. The van der Waals surface area contributed by atoms with Crippen LogP contribution in [0.3, 0.4) is 0 Å². The lowest BCUT2D eigenvalue weighted by molar-refractivity contribution is 0.111. The summed E-state index contributed by atoms with van der Waals surface area (Å²) in [6.07, 6.45) is 5.87. The van der Waals surface area contributed by atoms with E-state index in [-0.39, 0.29) is 6.61 Å². The minimum absolute atomic E-state index is 0.242. The standard InChI is InChI=1S/C11H17N3O2/c15-7-3-1-2-6-14-11(9-4-5-9)10(8-16)12-13-14/h8-9,15H,1-7H2. The van der Waals surface area contributed by atoms with Crippen molar-refractivity contribution in [2.45, 2.75) is 44.6 Å². The molecule has 1 N–H and O–H groups in total. The van der Waals surface area contributed by atoms with Crippen molar-refractivity contribution in [2.75, 3.05) is 6.61 Å². The molecule has 0 bridgehead atoms. The Kier molecular flexibility index (Phi) is 3.66. The summed E-state index contributed by atoms with van der Waals surface area (Å²) < 4.78 is 1.86. The van der Waals surface area contributed by atoms with E-state index in [1.807, 2.05) is 4.68 Å². The summed E-state index contributed by atoms with van der Waals surface area (Å²) in [5.74, 6) is 0.494. The largest absolute Gasteiger partial charge is 0.396 e. The van der Waals surface area contributed by atoms with Gasteiger partial charge in [-0.2, -0.15) is 0 Å². The van der Waals surface area contributed by atoms with E-state index in [0.717, 1.165) is 50.6 Å². The highest BCUT2D eigenvalue weighted by Gasteiger charge is 2.30. The second-order valence-electron chi connectivity index (χ2n) is 4.26. The monoisotopic (exact) mass is 223 g/mol. The summed E-state index contributed by atoms with van der Waals surface area (Å²) in [5, 5.41) is 16.6. The molecular weight excluding hydrogens is 206 g/mol. The molecule has 2 rings (SSSR count). The second kappa shape index (κ2) is 5.21. The molecule has 0 amide bonds. The Hall–Kier alpha value is -1.23. The molecule has 88 valence electrons. The van der Waals surface area contributed by atoms with Crippen molar-refractivity contribution < 1.29 is 9.90 Å². The molecule has 0 spiro atoms. The molecule has 1 heterocycles. The van der Waals surface area contributed by atoms with Crippen molar-refractivity contribution in [1.29, 1.82) is 0 Å². The van der Waals surface area contributed by atoms with Gasteiger partial charge in [0.1, 0.15) is 5.69 Å². The Morgan fingerprint density at radius 1 is 1.38 bits per heavy atom. The molecule has 16 heavy (non-hydrogen) atoms. The van der Waals surface area contributed by atoms with Gasteiger partial charge in [-0.3, -0.25) is 4.79 Å². The lowest BCUT2D eigenvalue weighted by Gasteiger charge is -2.04. The Labute approximate surface area is 94.5 Å². The number of hydrogen-bond donors (Lipinski definition) is 1. The number of hydrogen-bond acceptors (Lipinski definition) is 4. The van der Waals surface area contributed by atoms with E-state index in [2.05, 4.69) is 10.3 Å². The molecule has 0 unspecified atom stereocenters. The van der Waals surface area contributed by atoms with Crippen molar-refractivity contribution in [2.24, 2.45) is 0 Å². The predicted octanol–water partition coefficient (Wildman–Crippen LogP) is 1.13. The first-order chi connectivity index (χ1) is 7.86. The number of aromatic nitrogens is 3. The topological polar surface area (TPSA) is 68.0 Å². The van der Waals surface area contributed by atoms with Crippen LogP contribution in [0.1, 0.15) is 54.2 Å². The van der Waals surface area contributed by atoms with E-state index in [1.54, 1.807) is 0 Å². The summed E-state index contributed by atoms with van der Waals surface area (Å²) in [5.41, 5.74) is 1.52. The van der Waals surface area contributed by atoms with E-state index in [9.17, 15) is 4.79 Å². The molecule has 0 aromatic carbocycles. The Morgan fingerprint density at radius 3 is 2.81 bits per heavy atom. The van der Waals surface area contributed by atoms with Gasteiger partial charge < -0.3 is 5.11 Å². The maximum atomic E-state index is 10.8. The predicted molar refractivity (Wildman–Crippen MR) is 58.3 cm³/mol. The average Bonchev–Trinajstić information content (AvgIpc) is 3.06. The highest BCUT2D eigenvalue weighted by molar-refractivity contribution is 5.73. The van der Waals surface area contributed by atoms with Crippen LogP contribution in [0.15, 0.2) is 0 Å². The van der Waals surface area contributed by atoms with Gasteiger partial charge in [0.05, 0.1) is 5.69 Å². The number of aliphatic hydroxyl groups is 1.